The predicted octanol–water partition coefficient (Wildman–Crippen LogP) is 3.30. The Balaban J connectivity index is 1.41. The Kier molecular flexibility index (Phi) is 5.94. The smallest absolute Gasteiger partial charge is 0.315 e. The molecular weight excluding hydrogens is 333 g/mol. The molecule has 5 nitrogen and oxygen atoms in total. The Hall–Kier alpha value is -2.76. The van der Waals surface area contributed by atoms with Crippen molar-refractivity contribution in [1.82, 2.24) is 10.6 Å². The summed E-state index contributed by atoms with van der Waals surface area (Å²) in [5.41, 5.74) is 2.04. The number of nitrogens with zero attached hydrogens (tertiary/aromatic N) is 1. The molecule has 0 aliphatic carbocycles. The lowest BCUT2D eigenvalue weighted by Gasteiger charge is -2.34. The number of nitrogens with one attached hydrogen (secondary N) is 2. The summed E-state index contributed by atoms with van der Waals surface area (Å²) in [6, 6.07) is 14.1. The van der Waals surface area contributed by atoms with Crippen molar-refractivity contribution >= 4 is 11.7 Å². The molecule has 6 heteroatoms. The zero-order valence-electron chi connectivity index (χ0n) is 14.9. The van der Waals surface area contributed by atoms with Gasteiger partial charge in [-0.3, -0.25) is 0 Å². The highest BCUT2D eigenvalue weighted by molar-refractivity contribution is 5.74. The maximum Gasteiger partial charge on any atom is 0.315 e. The van der Waals surface area contributed by atoms with Crippen molar-refractivity contribution in [2.45, 2.75) is 25.4 Å². The van der Waals surface area contributed by atoms with Gasteiger partial charge in [0.25, 0.3) is 0 Å². The molecule has 0 atom stereocenters. The van der Waals surface area contributed by atoms with Gasteiger partial charge in [-0.2, -0.15) is 0 Å². The van der Waals surface area contributed by atoms with Gasteiger partial charge in [-0.1, -0.05) is 12.1 Å². The number of anilines is 1. The standard InChI is InChI=1S/C20H24FN3O2/c1-26-19-8-6-18(7-9-19)24-12-10-17(11-13-24)23-20(25)22-14-15-2-4-16(21)5-3-15/h2-9,17H,10-14H2,1H3,(H2,22,23,25). The van der Waals surface area contributed by atoms with Crippen LogP contribution in [0.15, 0.2) is 48.5 Å². The van der Waals surface area contributed by atoms with Crippen molar-refractivity contribution < 1.29 is 13.9 Å². The van der Waals surface area contributed by atoms with Crippen LogP contribution in [-0.4, -0.2) is 32.3 Å². The van der Waals surface area contributed by atoms with E-state index in [-0.39, 0.29) is 17.9 Å². The lowest BCUT2D eigenvalue weighted by atomic mass is 10.0. The second kappa shape index (κ2) is 8.56. The van der Waals surface area contributed by atoms with E-state index in [1.807, 2.05) is 12.1 Å². The average Bonchev–Trinajstić information content (AvgIpc) is 2.68. The van der Waals surface area contributed by atoms with Crippen molar-refractivity contribution in [3.63, 3.8) is 0 Å². The topological polar surface area (TPSA) is 53.6 Å². The van der Waals surface area contributed by atoms with E-state index in [0.29, 0.717) is 6.54 Å². The number of carbonyl (C=O) groups is 1. The maximum absolute atomic E-state index is 12.9. The van der Waals surface area contributed by atoms with Crippen molar-refractivity contribution in [2.24, 2.45) is 0 Å². The monoisotopic (exact) mass is 357 g/mol. The highest BCUT2D eigenvalue weighted by atomic mass is 19.1. The summed E-state index contributed by atoms with van der Waals surface area (Å²) in [4.78, 5) is 14.4. The molecule has 0 aromatic heterocycles. The van der Waals surface area contributed by atoms with E-state index < -0.39 is 0 Å². The second-order valence-electron chi connectivity index (χ2n) is 6.41. The second-order valence-corrected chi connectivity index (χ2v) is 6.41. The maximum atomic E-state index is 12.9. The van der Waals surface area contributed by atoms with Crippen LogP contribution >= 0.6 is 0 Å². The predicted molar refractivity (Wildman–Crippen MR) is 100 cm³/mol. The van der Waals surface area contributed by atoms with Crippen LogP contribution in [0.25, 0.3) is 0 Å². The summed E-state index contributed by atoms with van der Waals surface area (Å²) < 4.78 is 18.1. The van der Waals surface area contributed by atoms with Crippen molar-refractivity contribution in [2.75, 3.05) is 25.1 Å². The van der Waals surface area contributed by atoms with Gasteiger partial charge in [0.05, 0.1) is 7.11 Å². The quantitative estimate of drug-likeness (QED) is 0.863. The molecule has 1 fully saturated rings. The molecule has 0 unspecified atom stereocenters. The van der Waals surface area contributed by atoms with E-state index in [0.717, 1.165) is 37.2 Å². The number of piperidine rings is 1. The molecule has 2 N–H and O–H groups in total. The average molecular weight is 357 g/mol. The third kappa shape index (κ3) is 4.88. The van der Waals surface area contributed by atoms with Gasteiger partial charge in [0.1, 0.15) is 11.6 Å². The molecule has 2 aromatic carbocycles. The molecule has 1 heterocycles. The number of amides is 2. The number of halogens is 1. The van der Waals surface area contributed by atoms with E-state index in [2.05, 4.69) is 27.7 Å². The van der Waals surface area contributed by atoms with Crippen LogP contribution in [-0.2, 0) is 6.54 Å². The van der Waals surface area contributed by atoms with Crippen LogP contribution in [0.2, 0.25) is 0 Å². The summed E-state index contributed by atoms with van der Waals surface area (Å²) in [5.74, 6) is 0.574. The molecule has 138 valence electrons. The fourth-order valence-corrected chi connectivity index (χ4v) is 3.10. The number of rotatable bonds is 5. The Bertz CT molecular complexity index is 711. The number of methoxy groups -OCH3 is 1. The summed E-state index contributed by atoms with van der Waals surface area (Å²) in [7, 11) is 1.66. The van der Waals surface area contributed by atoms with Gasteiger partial charge in [-0.25, -0.2) is 9.18 Å². The van der Waals surface area contributed by atoms with Crippen LogP contribution in [0.5, 0.6) is 5.75 Å². The molecule has 1 aliphatic rings. The fraction of sp³-hybridized carbons (Fsp3) is 0.350. The van der Waals surface area contributed by atoms with Gasteiger partial charge in [0.15, 0.2) is 0 Å². The largest absolute Gasteiger partial charge is 0.497 e. The molecule has 0 spiro atoms. The first kappa shape index (κ1) is 18.0. The minimum atomic E-state index is -0.276. The molecule has 3 rings (SSSR count). The number of benzene rings is 2. The third-order valence-corrected chi connectivity index (χ3v) is 4.63. The molecule has 0 radical (unpaired) electrons. The van der Waals surface area contributed by atoms with Crippen LogP contribution in [0.4, 0.5) is 14.9 Å². The van der Waals surface area contributed by atoms with E-state index in [1.165, 1.54) is 17.8 Å². The number of hydrogen-bond donors (Lipinski definition) is 2. The normalized spacial score (nSPS) is 14.8. The zero-order valence-corrected chi connectivity index (χ0v) is 14.9. The lowest BCUT2D eigenvalue weighted by Crippen LogP contribution is -2.47. The summed E-state index contributed by atoms with van der Waals surface area (Å²) in [5, 5.41) is 5.84. The van der Waals surface area contributed by atoms with Gasteiger partial charge in [-0.05, 0) is 54.8 Å². The zero-order chi connectivity index (χ0) is 18.4. The SMILES string of the molecule is COc1ccc(N2CCC(NC(=O)NCc3ccc(F)cc3)CC2)cc1. The van der Waals surface area contributed by atoms with Crippen molar-refractivity contribution in [3.05, 3.63) is 59.9 Å². The number of carbonyl (C=O) groups excluding carboxylic acids is 1. The summed E-state index contributed by atoms with van der Waals surface area (Å²) in [6.45, 7) is 2.18. The van der Waals surface area contributed by atoms with E-state index >= 15 is 0 Å². The van der Waals surface area contributed by atoms with Crippen LogP contribution in [0.3, 0.4) is 0 Å². The van der Waals surface area contributed by atoms with Crippen molar-refractivity contribution in [1.29, 1.82) is 0 Å². The van der Waals surface area contributed by atoms with Gasteiger partial charge < -0.3 is 20.3 Å². The van der Waals surface area contributed by atoms with Gasteiger partial charge in [-0.15, -0.1) is 0 Å². The minimum absolute atomic E-state index is 0.165. The first-order chi connectivity index (χ1) is 12.6. The number of hydrogen-bond acceptors (Lipinski definition) is 3. The fourth-order valence-electron chi connectivity index (χ4n) is 3.10. The van der Waals surface area contributed by atoms with Crippen LogP contribution in [0.1, 0.15) is 18.4 Å². The Morgan fingerprint density at radius 3 is 2.38 bits per heavy atom. The van der Waals surface area contributed by atoms with Crippen LogP contribution in [0, 0.1) is 5.82 Å². The Morgan fingerprint density at radius 2 is 1.77 bits per heavy atom. The Labute approximate surface area is 153 Å². The molecule has 1 saturated heterocycles. The highest BCUT2D eigenvalue weighted by Crippen LogP contribution is 2.22. The molecule has 2 aromatic rings. The lowest BCUT2D eigenvalue weighted by molar-refractivity contribution is 0.234. The van der Waals surface area contributed by atoms with E-state index in [1.54, 1.807) is 19.2 Å². The molecule has 2 amide bonds. The molecule has 0 saturated carbocycles. The summed E-state index contributed by atoms with van der Waals surface area (Å²) in [6.07, 6.45) is 1.80. The van der Waals surface area contributed by atoms with Gasteiger partial charge in [0.2, 0.25) is 0 Å². The highest BCUT2D eigenvalue weighted by Gasteiger charge is 2.20. The molecule has 0 bridgehead atoms. The molecule has 26 heavy (non-hydrogen) atoms. The number of ether oxygens (including phenoxy) is 1. The van der Waals surface area contributed by atoms with Crippen LogP contribution < -0.4 is 20.3 Å². The Morgan fingerprint density at radius 1 is 1.12 bits per heavy atom. The molecular formula is C20H24FN3O2. The summed E-state index contributed by atoms with van der Waals surface area (Å²) >= 11 is 0. The van der Waals surface area contributed by atoms with Gasteiger partial charge >= 0.3 is 6.03 Å². The number of urea groups is 1. The first-order valence-corrected chi connectivity index (χ1v) is 8.82. The molecule has 1 aliphatic heterocycles. The minimum Gasteiger partial charge on any atom is -0.497 e. The first-order valence-electron chi connectivity index (χ1n) is 8.82. The van der Waals surface area contributed by atoms with E-state index in [9.17, 15) is 9.18 Å². The third-order valence-electron chi connectivity index (χ3n) is 4.63. The van der Waals surface area contributed by atoms with Crippen molar-refractivity contribution in [3.8, 4) is 5.75 Å². The van der Waals surface area contributed by atoms with Gasteiger partial charge in [0, 0.05) is 31.4 Å². The van der Waals surface area contributed by atoms with E-state index in [4.69, 9.17) is 4.74 Å².